The van der Waals surface area contributed by atoms with Crippen molar-refractivity contribution >= 4 is 28.9 Å². The third-order valence-corrected chi connectivity index (χ3v) is 4.76. The SMILES string of the molecule is O=C(Nc1cc2c(cc1Cl)OCCCO2)c1cncc(N2CCOCC2)c1. The van der Waals surface area contributed by atoms with Crippen LogP contribution in [0.2, 0.25) is 5.02 Å². The lowest BCUT2D eigenvalue weighted by Gasteiger charge is -2.28. The average Bonchev–Trinajstić information content (AvgIpc) is 2.94. The quantitative estimate of drug-likeness (QED) is 0.870. The van der Waals surface area contributed by atoms with E-state index in [9.17, 15) is 4.79 Å². The van der Waals surface area contributed by atoms with Gasteiger partial charge in [-0.3, -0.25) is 9.78 Å². The Morgan fingerprint density at radius 1 is 1.04 bits per heavy atom. The predicted molar refractivity (Wildman–Crippen MR) is 102 cm³/mol. The number of morpholine rings is 1. The molecule has 0 unspecified atom stereocenters. The van der Waals surface area contributed by atoms with Crippen molar-refractivity contribution in [2.75, 3.05) is 49.7 Å². The molecular weight excluding hydrogens is 370 g/mol. The first-order chi connectivity index (χ1) is 13.2. The van der Waals surface area contributed by atoms with Gasteiger partial charge < -0.3 is 24.4 Å². The number of rotatable bonds is 3. The van der Waals surface area contributed by atoms with Crippen LogP contribution >= 0.6 is 11.6 Å². The molecule has 1 N–H and O–H groups in total. The van der Waals surface area contributed by atoms with E-state index < -0.39 is 0 Å². The lowest BCUT2D eigenvalue weighted by Crippen LogP contribution is -2.36. The molecule has 2 aliphatic rings. The predicted octanol–water partition coefficient (Wildman–Crippen LogP) is 2.99. The summed E-state index contributed by atoms with van der Waals surface area (Å²) < 4.78 is 16.6. The summed E-state index contributed by atoms with van der Waals surface area (Å²) in [5.74, 6) is 0.882. The summed E-state index contributed by atoms with van der Waals surface area (Å²) in [4.78, 5) is 19.1. The smallest absolute Gasteiger partial charge is 0.257 e. The fourth-order valence-corrected chi connectivity index (χ4v) is 3.22. The van der Waals surface area contributed by atoms with Gasteiger partial charge in [-0.1, -0.05) is 11.6 Å². The minimum absolute atomic E-state index is 0.283. The van der Waals surface area contributed by atoms with Gasteiger partial charge in [0.25, 0.3) is 5.91 Å². The number of fused-ring (bicyclic) bond motifs is 1. The highest BCUT2D eigenvalue weighted by Crippen LogP contribution is 2.37. The maximum atomic E-state index is 12.7. The molecule has 2 aliphatic heterocycles. The van der Waals surface area contributed by atoms with E-state index in [1.807, 2.05) is 6.07 Å². The number of carbonyl (C=O) groups is 1. The number of amides is 1. The van der Waals surface area contributed by atoms with Gasteiger partial charge in [0.05, 0.1) is 54.6 Å². The van der Waals surface area contributed by atoms with Gasteiger partial charge >= 0.3 is 0 Å². The number of hydrogen-bond donors (Lipinski definition) is 1. The fourth-order valence-electron chi connectivity index (χ4n) is 3.02. The third-order valence-electron chi connectivity index (χ3n) is 4.45. The van der Waals surface area contributed by atoms with Crippen molar-refractivity contribution in [2.24, 2.45) is 0 Å². The molecule has 0 aliphatic carbocycles. The first-order valence-corrected chi connectivity index (χ1v) is 9.27. The molecule has 2 aromatic rings. The molecule has 27 heavy (non-hydrogen) atoms. The number of halogens is 1. The lowest BCUT2D eigenvalue weighted by atomic mass is 10.2. The summed E-state index contributed by atoms with van der Waals surface area (Å²) in [6, 6.07) is 5.19. The largest absolute Gasteiger partial charge is 0.490 e. The van der Waals surface area contributed by atoms with Gasteiger partial charge in [0.2, 0.25) is 0 Å². The van der Waals surface area contributed by atoms with E-state index in [-0.39, 0.29) is 5.91 Å². The van der Waals surface area contributed by atoms with Crippen molar-refractivity contribution in [3.05, 3.63) is 41.2 Å². The van der Waals surface area contributed by atoms with Gasteiger partial charge in [0.1, 0.15) is 0 Å². The molecule has 142 valence electrons. The van der Waals surface area contributed by atoms with Crippen molar-refractivity contribution in [3.8, 4) is 11.5 Å². The molecular formula is C19H20ClN3O4. The van der Waals surface area contributed by atoms with Crippen LogP contribution in [0.3, 0.4) is 0 Å². The highest BCUT2D eigenvalue weighted by Gasteiger charge is 2.18. The fraction of sp³-hybridized carbons (Fsp3) is 0.368. The number of anilines is 2. The van der Waals surface area contributed by atoms with Gasteiger partial charge in [0, 0.05) is 37.8 Å². The first-order valence-electron chi connectivity index (χ1n) is 8.89. The molecule has 8 heteroatoms. The Bertz CT molecular complexity index is 840. The number of carbonyl (C=O) groups excluding carboxylic acids is 1. The van der Waals surface area contributed by atoms with Gasteiger partial charge in [-0.25, -0.2) is 0 Å². The van der Waals surface area contributed by atoms with Crippen molar-refractivity contribution in [1.29, 1.82) is 0 Å². The third kappa shape index (κ3) is 4.09. The van der Waals surface area contributed by atoms with Crippen LogP contribution in [-0.2, 0) is 4.74 Å². The van der Waals surface area contributed by atoms with Crippen LogP contribution in [0.4, 0.5) is 11.4 Å². The second-order valence-corrected chi connectivity index (χ2v) is 6.72. The maximum Gasteiger partial charge on any atom is 0.257 e. The standard InChI is InChI=1S/C19H20ClN3O4/c20-15-9-17-18(27-5-1-4-26-17)10-16(15)22-19(24)13-8-14(12-21-11-13)23-2-6-25-7-3-23/h8-12H,1-7H2,(H,22,24). The number of pyridine rings is 1. The van der Waals surface area contributed by atoms with Crippen LogP contribution in [-0.4, -0.2) is 50.4 Å². The zero-order valence-corrected chi connectivity index (χ0v) is 15.5. The molecule has 0 bridgehead atoms. The Morgan fingerprint density at radius 2 is 1.78 bits per heavy atom. The Kier molecular flexibility index (Phi) is 5.31. The summed E-state index contributed by atoms with van der Waals surface area (Å²) in [6.07, 6.45) is 4.09. The summed E-state index contributed by atoms with van der Waals surface area (Å²) in [7, 11) is 0. The zero-order chi connectivity index (χ0) is 18.6. The van der Waals surface area contributed by atoms with E-state index in [1.165, 1.54) is 6.20 Å². The Labute approximate surface area is 162 Å². The first kappa shape index (κ1) is 17.9. The highest BCUT2D eigenvalue weighted by atomic mass is 35.5. The zero-order valence-electron chi connectivity index (χ0n) is 14.7. The lowest BCUT2D eigenvalue weighted by molar-refractivity contribution is 0.102. The molecule has 1 aromatic carbocycles. The van der Waals surface area contributed by atoms with Gasteiger partial charge in [-0.15, -0.1) is 0 Å². The van der Waals surface area contributed by atoms with Crippen LogP contribution in [0.15, 0.2) is 30.6 Å². The molecule has 4 rings (SSSR count). The van der Waals surface area contributed by atoms with E-state index in [0.29, 0.717) is 54.2 Å². The van der Waals surface area contributed by atoms with Crippen LogP contribution in [0.5, 0.6) is 11.5 Å². The molecule has 1 fully saturated rings. The molecule has 3 heterocycles. The number of nitrogens with one attached hydrogen (secondary N) is 1. The van der Waals surface area contributed by atoms with Crippen LogP contribution in [0.1, 0.15) is 16.8 Å². The monoisotopic (exact) mass is 389 g/mol. The van der Waals surface area contributed by atoms with E-state index in [1.54, 1.807) is 18.3 Å². The minimum Gasteiger partial charge on any atom is -0.490 e. The van der Waals surface area contributed by atoms with Crippen molar-refractivity contribution in [1.82, 2.24) is 4.98 Å². The number of nitrogens with zero attached hydrogens (tertiary/aromatic N) is 2. The van der Waals surface area contributed by atoms with Crippen molar-refractivity contribution in [2.45, 2.75) is 6.42 Å². The highest BCUT2D eigenvalue weighted by molar-refractivity contribution is 6.34. The molecule has 1 saturated heterocycles. The minimum atomic E-state index is -0.283. The normalized spacial score (nSPS) is 16.6. The van der Waals surface area contributed by atoms with E-state index in [4.69, 9.17) is 25.8 Å². The number of ether oxygens (including phenoxy) is 3. The molecule has 7 nitrogen and oxygen atoms in total. The molecule has 0 spiro atoms. The summed E-state index contributed by atoms with van der Waals surface area (Å²) in [6.45, 7) is 4.04. The van der Waals surface area contributed by atoms with Crippen LogP contribution in [0, 0.1) is 0 Å². The topological polar surface area (TPSA) is 72.9 Å². The summed E-state index contributed by atoms with van der Waals surface area (Å²) in [5.41, 5.74) is 1.83. The molecule has 0 radical (unpaired) electrons. The number of benzene rings is 1. The average molecular weight is 390 g/mol. The Hall–Kier alpha value is -2.51. The van der Waals surface area contributed by atoms with Gasteiger partial charge in [-0.2, -0.15) is 0 Å². The second-order valence-electron chi connectivity index (χ2n) is 6.31. The molecule has 0 saturated carbocycles. The van der Waals surface area contributed by atoms with E-state index >= 15 is 0 Å². The van der Waals surface area contributed by atoms with Gasteiger partial charge in [0.15, 0.2) is 11.5 Å². The molecule has 1 amide bonds. The Morgan fingerprint density at radius 3 is 2.56 bits per heavy atom. The molecule has 1 aromatic heterocycles. The van der Waals surface area contributed by atoms with Crippen LogP contribution in [0.25, 0.3) is 0 Å². The second kappa shape index (κ2) is 8.02. The van der Waals surface area contributed by atoms with Gasteiger partial charge in [-0.05, 0) is 6.07 Å². The van der Waals surface area contributed by atoms with Crippen LogP contribution < -0.4 is 19.7 Å². The van der Waals surface area contributed by atoms with E-state index in [2.05, 4.69) is 15.2 Å². The van der Waals surface area contributed by atoms with E-state index in [0.717, 1.165) is 25.2 Å². The summed E-state index contributed by atoms with van der Waals surface area (Å²) >= 11 is 6.31. The maximum absolute atomic E-state index is 12.7. The summed E-state index contributed by atoms with van der Waals surface area (Å²) in [5, 5.41) is 3.23. The van der Waals surface area contributed by atoms with Crippen molar-refractivity contribution < 1.29 is 19.0 Å². The number of hydrogen-bond acceptors (Lipinski definition) is 6. The number of aromatic nitrogens is 1. The molecule has 0 atom stereocenters. The Balaban J connectivity index is 1.53. The van der Waals surface area contributed by atoms with Crippen molar-refractivity contribution in [3.63, 3.8) is 0 Å².